The van der Waals surface area contributed by atoms with Crippen molar-refractivity contribution >= 4 is 32.9 Å². The number of rotatable bonds is 1. The van der Waals surface area contributed by atoms with Gasteiger partial charge in [0, 0.05) is 27.8 Å². The zero-order valence-electron chi connectivity index (χ0n) is 11.1. The van der Waals surface area contributed by atoms with Crippen LogP contribution in [0.3, 0.4) is 0 Å². The molecule has 1 saturated heterocycles. The lowest BCUT2D eigenvalue weighted by Gasteiger charge is -2.46. The van der Waals surface area contributed by atoms with Crippen molar-refractivity contribution in [2.75, 3.05) is 13.2 Å². The summed E-state index contributed by atoms with van der Waals surface area (Å²) in [5.74, 6) is -0.0169. The Balaban J connectivity index is 2.19. The van der Waals surface area contributed by atoms with Gasteiger partial charge >= 0.3 is 0 Å². The first-order chi connectivity index (χ1) is 9.53. The monoisotopic (exact) mass is 358 g/mol. The smallest absolute Gasteiger partial charge is 0.155 e. The molecule has 0 unspecified atom stereocenters. The van der Waals surface area contributed by atoms with Gasteiger partial charge in [0.25, 0.3) is 0 Å². The number of benzene rings is 1. The quantitative estimate of drug-likeness (QED) is 0.837. The Morgan fingerprint density at radius 3 is 3.15 bits per heavy atom. The molecule has 0 amide bonds. The molecule has 0 bridgehead atoms. The fraction of sp³-hybridized carbons (Fsp3) is 0.500. The van der Waals surface area contributed by atoms with Crippen LogP contribution in [0.1, 0.15) is 18.9 Å². The van der Waals surface area contributed by atoms with Crippen molar-refractivity contribution in [2.45, 2.75) is 24.1 Å². The van der Waals surface area contributed by atoms with Crippen molar-refractivity contribution in [3.8, 4) is 0 Å². The first-order valence-corrected chi connectivity index (χ1v) is 8.25. The highest BCUT2D eigenvalue weighted by Gasteiger charge is 2.50. The van der Waals surface area contributed by atoms with Crippen LogP contribution in [0.15, 0.2) is 27.7 Å². The number of nitrogens with zero attached hydrogens (tertiary/aromatic N) is 1. The summed E-state index contributed by atoms with van der Waals surface area (Å²) in [6.07, 6.45) is 0.872. The molecular formula is C14H16BrFN2OS. The fourth-order valence-corrected chi connectivity index (χ4v) is 4.67. The minimum absolute atomic E-state index is 0.234. The summed E-state index contributed by atoms with van der Waals surface area (Å²) >= 11 is 4.98. The Morgan fingerprint density at radius 1 is 1.55 bits per heavy atom. The van der Waals surface area contributed by atoms with E-state index >= 15 is 0 Å². The number of fused-ring (bicyclic) bond motifs is 1. The van der Waals surface area contributed by atoms with Crippen LogP contribution in [0.2, 0.25) is 0 Å². The maximum Gasteiger partial charge on any atom is 0.155 e. The molecule has 108 valence electrons. The molecule has 3 atom stereocenters. The Labute approximate surface area is 130 Å². The van der Waals surface area contributed by atoms with E-state index in [1.165, 1.54) is 6.07 Å². The number of halogens is 2. The second-order valence-corrected chi connectivity index (χ2v) is 7.58. The third-order valence-electron chi connectivity index (χ3n) is 4.09. The molecule has 1 aromatic carbocycles. The van der Waals surface area contributed by atoms with Gasteiger partial charge in [0.2, 0.25) is 0 Å². The molecule has 6 heteroatoms. The highest BCUT2D eigenvalue weighted by Crippen LogP contribution is 2.48. The van der Waals surface area contributed by atoms with Crippen LogP contribution in [0.4, 0.5) is 4.39 Å². The molecule has 3 rings (SSSR count). The molecule has 3 nitrogen and oxygen atoms in total. The number of nitrogens with two attached hydrogens (primary N) is 1. The normalized spacial score (nSPS) is 33.5. The van der Waals surface area contributed by atoms with E-state index in [0.29, 0.717) is 29.2 Å². The second kappa shape index (κ2) is 5.31. The molecule has 0 saturated carbocycles. The van der Waals surface area contributed by atoms with Crippen molar-refractivity contribution in [3.63, 3.8) is 0 Å². The van der Waals surface area contributed by atoms with Crippen LogP contribution < -0.4 is 5.73 Å². The molecule has 2 N–H and O–H groups in total. The lowest BCUT2D eigenvalue weighted by Crippen LogP contribution is -2.50. The fourth-order valence-electron chi connectivity index (χ4n) is 3.18. The molecule has 0 spiro atoms. The van der Waals surface area contributed by atoms with Gasteiger partial charge in [0.15, 0.2) is 5.17 Å². The third kappa shape index (κ3) is 2.27. The highest BCUT2D eigenvalue weighted by molar-refractivity contribution is 9.10. The molecule has 1 aromatic rings. The number of hydrogen-bond donors (Lipinski definition) is 1. The average Bonchev–Trinajstić information content (AvgIpc) is 2.41. The van der Waals surface area contributed by atoms with Gasteiger partial charge < -0.3 is 10.5 Å². The van der Waals surface area contributed by atoms with E-state index in [4.69, 9.17) is 10.5 Å². The van der Waals surface area contributed by atoms with E-state index < -0.39 is 5.54 Å². The predicted octanol–water partition coefficient (Wildman–Crippen LogP) is 3.27. The van der Waals surface area contributed by atoms with Gasteiger partial charge in [-0.3, -0.25) is 0 Å². The van der Waals surface area contributed by atoms with Crippen molar-refractivity contribution in [2.24, 2.45) is 16.6 Å². The first kappa shape index (κ1) is 14.4. The minimum atomic E-state index is -0.694. The molecule has 0 radical (unpaired) electrons. The lowest BCUT2D eigenvalue weighted by molar-refractivity contribution is -0.00423. The standard InChI is InChI=1S/C14H16BrFN2OS/c1-8-10-4-5-19-7-14(10,18-13(17)20-8)11-6-9(15)2-3-12(11)16/h2-3,6,8,10H,4-5,7H2,1H3,(H2,17,18)/t8-,10+,14+/m1/s1. The number of amidine groups is 1. The Kier molecular flexibility index (Phi) is 3.81. The van der Waals surface area contributed by atoms with Crippen LogP contribution in [0, 0.1) is 11.7 Å². The maximum absolute atomic E-state index is 14.4. The summed E-state index contributed by atoms with van der Waals surface area (Å²) in [6.45, 7) is 3.21. The molecule has 1 fully saturated rings. The summed E-state index contributed by atoms with van der Waals surface area (Å²) < 4.78 is 20.9. The molecule has 0 aromatic heterocycles. The van der Waals surface area contributed by atoms with E-state index in [0.717, 1.165) is 10.9 Å². The van der Waals surface area contributed by atoms with Crippen molar-refractivity contribution in [1.82, 2.24) is 0 Å². The second-order valence-electron chi connectivity index (χ2n) is 5.27. The van der Waals surface area contributed by atoms with Crippen LogP contribution in [0.5, 0.6) is 0 Å². The van der Waals surface area contributed by atoms with E-state index in [9.17, 15) is 4.39 Å². The average molecular weight is 359 g/mol. The molecule has 2 aliphatic rings. The number of thioether (sulfide) groups is 1. The number of hydrogen-bond acceptors (Lipinski definition) is 4. The van der Waals surface area contributed by atoms with Crippen LogP contribution in [-0.2, 0) is 10.3 Å². The largest absolute Gasteiger partial charge is 0.379 e. The third-order valence-corrected chi connectivity index (χ3v) is 5.61. The van der Waals surface area contributed by atoms with E-state index in [1.807, 2.05) is 0 Å². The van der Waals surface area contributed by atoms with Crippen molar-refractivity contribution in [3.05, 3.63) is 34.1 Å². The highest BCUT2D eigenvalue weighted by atomic mass is 79.9. The van der Waals surface area contributed by atoms with E-state index in [1.54, 1.807) is 23.9 Å². The van der Waals surface area contributed by atoms with Crippen molar-refractivity contribution < 1.29 is 9.13 Å². The van der Waals surface area contributed by atoms with E-state index in [-0.39, 0.29) is 11.7 Å². The zero-order valence-corrected chi connectivity index (χ0v) is 13.5. The van der Waals surface area contributed by atoms with Gasteiger partial charge in [-0.2, -0.15) is 0 Å². The van der Waals surface area contributed by atoms with Gasteiger partial charge in [-0.25, -0.2) is 9.38 Å². The number of ether oxygens (including phenoxy) is 1. The van der Waals surface area contributed by atoms with Crippen LogP contribution in [0.25, 0.3) is 0 Å². The lowest BCUT2D eigenvalue weighted by atomic mass is 9.74. The molecule has 20 heavy (non-hydrogen) atoms. The number of aliphatic imine (C=N–C) groups is 1. The van der Waals surface area contributed by atoms with Crippen LogP contribution in [-0.4, -0.2) is 23.6 Å². The summed E-state index contributed by atoms with van der Waals surface area (Å²) in [5.41, 5.74) is 5.85. The molecule has 2 aliphatic heterocycles. The van der Waals surface area contributed by atoms with Crippen LogP contribution >= 0.6 is 27.7 Å². The Hall–Kier alpha value is -0.590. The topological polar surface area (TPSA) is 47.6 Å². The summed E-state index contributed by atoms with van der Waals surface area (Å²) in [6, 6.07) is 4.97. The zero-order chi connectivity index (χ0) is 14.3. The summed E-state index contributed by atoms with van der Waals surface area (Å²) in [4.78, 5) is 4.63. The summed E-state index contributed by atoms with van der Waals surface area (Å²) in [7, 11) is 0. The maximum atomic E-state index is 14.4. The Morgan fingerprint density at radius 2 is 2.35 bits per heavy atom. The SMILES string of the molecule is C[C@H]1SC(N)=N[C@@]2(c3cc(Br)ccc3F)COCC[C@@H]12. The summed E-state index contributed by atoms with van der Waals surface area (Å²) in [5, 5.41) is 0.813. The van der Waals surface area contributed by atoms with Gasteiger partial charge in [0.05, 0.1) is 6.61 Å². The molecule has 2 heterocycles. The predicted molar refractivity (Wildman–Crippen MR) is 83.4 cm³/mol. The molecular weight excluding hydrogens is 343 g/mol. The first-order valence-electron chi connectivity index (χ1n) is 6.58. The van der Waals surface area contributed by atoms with Gasteiger partial charge in [-0.15, -0.1) is 0 Å². The molecule has 0 aliphatic carbocycles. The Bertz CT molecular complexity index is 568. The van der Waals surface area contributed by atoms with Gasteiger partial charge in [-0.05, 0) is 24.6 Å². The minimum Gasteiger partial charge on any atom is -0.379 e. The van der Waals surface area contributed by atoms with Gasteiger partial charge in [-0.1, -0.05) is 34.6 Å². The van der Waals surface area contributed by atoms with Crippen molar-refractivity contribution in [1.29, 1.82) is 0 Å². The van der Waals surface area contributed by atoms with E-state index in [2.05, 4.69) is 27.8 Å². The van der Waals surface area contributed by atoms with Gasteiger partial charge in [0.1, 0.15) is 11.4 Å².